The van der Waals surface area contributed by atoms with Crippen LogP contribution in [0.15, 0.2) is 60.8 Å². The molecule has 4 N–H and O–H groups in total. The second-order valence-corrected chi connectivity index (χ2v) is 8.98. The summed E-state index contributed by atoms with van der Waals surface area (Å²) in [5.41, 5.74) is 7.92. The molecule has 8 nitrogen and oxygen atoms in total. The van der Waals surface area contributed by atoms with Crippen LogP contribution in [0.3, 0.4) is 0 Å². The van der Waals surface area contributed by atoms with Gasteiger partial charge in [-0.25, -0.2) is 13.6 Å². The first-order valence-corrected chi connectivity index (χ1v) is 12.2. The van der Waals surface area contributed by atoms with Gasteiger partial charge in [-0.3, -0.25) is 9.78 Å². The fourth-order valence-electron chi connectivity index (χ4n) is 4.19. The molecule has 0 aliphatic carbocycles. The summed E-state index contributed by atoms with van der Waals surface area (Å²) < 4.78 is 26.9. The molecule has 0 atom stereocenters. The van der Waals surface area contributed by atoms with E-state index in [1.165, 1.54) is 18.9 Å². The maximum absolute atomic E-state index is 13.6. The predicted molar refractivity (Wildman–Crippen MR) is 139 cm³/mol. The van der Waals surface area contributed by atoms with E-state index >= 15 is 0 Å². The molecule has 1 aromatic heterocycles. The zero-order valence-corrected chi connectivity index (χ0v) is 20.4. The summed E-state index contributed by atoms with van der Waals surface area (Å²) in [7, 11) is 0. The van der Waals surface area contributed by atoms with Gasteiger partial charge in [0.1, 0.15) is 5.69 Å². The molecular weight excluding hydrogens is 478 g/mol. The summed E-state index contributed by atoms with van der Waals surface area (Å²) in [6.45, 7) is 3.68. The number of carbonyl (C=O) groups excluding carboxylic acids is 2. The number of hydrogen-bond donors (Lipinski definition) is 3. The smallest absolute Gasteiger partial charge is 0.322 e. The summed E-state index contributed by atoms with van der Waals surface area (Å²) in [5, 5.41) is 5.37. The molecule has 0 unspecified atom stereocenters. The lowest BCUT2D eigenvalue weighted by molar-refractivity contribution is 0.102. The second kappa shape index (κ2) is 12.3. The first kappa shape index (κ1) is 26.0. The van der Waals surface area contributed by atoms with Gasteiger partial charge in [0.05, 0.1) is 11.4 Å². The molecule has 3 aromatic rings. The van der Waals surface area contributed by atoms with Crippen molar-refractivity contribution >= 4 is 29.0 Å². The van der Waals surface area contributed by atoms with Crippen LogP contribution in [0.1, 0.15) is 35.3 Å². The monoisotopic (exact) mass is 508 g/mol. The minimum atomic E-state index is -1.03. The number of urea groups is 1. The van der Waals surface area contributed by atoms with E-state index in [0.717, 1.165) is 43.8 Å². The molecule has 1 aliphatic heterocycles. The van der Waals surface area contributed by atoms with Crippen molar-refractivity contribution in [2.75, 3.05) is 42.5 Å². The van der Waals surface area contributed by atoms with Gasteiger partial charge in [-0.2, -0.15) is 0 Å². The average molecular weight is 509 g/mol. The first-order valence-electron chi connectivity index (χ1n) is 12.2. The number of aromatic nitrogens is 1. The highest BCUT2D eigenvalue weighted by Crippen LogP contribution is 2.18. The standard InChI is InChI=1S/C27H30F2N6O2/c28-21-10-9-20(16-22(21)29)32-27(37)35(15-5-14-34-12-3-4-13-34)18-19-8-11-25(31-17-19)26(36)33-24-7-2-1-6-23(24)30/h1-2,6-11,16-17H,3-5,12-15,18,30H2,(H,32,37)(H,33,36). The first-order chi connectivity index (χ1) is 17.9. The van der Waals surface area contributed by atoms with Crippen molar-refractivity contribution in [3.63, 3.8) is 0 Å². The average Bonchev–Trinajstić information content (AvgIpc) is 3.41. The van der Waals surface area contributed by atoms with Gasteiger partial charge in [-0.1, -0.05) is 18.2 Å². The molecule has 3 amide bonds. The number of anilines is 3. The Hall–Kier alpha value is -4.05. The van der Waals surface area contributed by atoms with Crippen molar-refractivity contribution in [2.45, 2.75) is 25.8 Å². The molecule has 0 bridgehead atoms. The number of hydrogen-bond acceptors (Lipinski definition) is 5. The lowest BCUT2D eigenvalue weighted by atomic mass is 10.2. The van der Waals surface area contributed by atoms with Gasteiger partial charge in [0.15, 0.2) is 11.6 Å². The van der Waals surface area contributed by atoms with E-state index in [1.807, 2.05) is 0 Å². The molecule has 0 saturated carbocycles. The van der Waals surface area contributed by atoms with Crippen LogP contribution in [-0.4, -0.2) is 52.9 Å². The second-order valence-electron chi connectivity index (χ2n) is 8.98. The van der Waals surface area contributed by atoms with Crippen LogP contribution in [-0.2, 0) is 6.54 Å². The Bertz CT molecular complexity index is 1230. The number of nitrogens with two attached hydrogens (primary N) is 1. The van der Waals surface area contributed by atoms with Crippen LogP contribution >= 0.6 is 0 Å². The third-order valence-electron chi connectivity index (χ3n) is 6.20. The van der Waals surface area contributed by atoms with Crippen molar-refractivity contribution in [2.24, 2.45) is 0 Å². The Morgan fingerprint density at radius 2 is 1.78 bits per heavy atom. The van der Waals surface area contributed by atoms with Crippen LogP contribution in [0.4, 0.5) is 30.6 Å². The van der Waals surface area contributed by atoms with Gasteiger partial charge >= 0.3 is 6.03 Å². The highest BCUT2D eigenvalue weighted by Gasteiger charge is 2.18. The number of nitrogen functional groups attached to an aromatic ring is 1. The van der Waals surface area contributed by atoms with Crippen LogP contribution in [0.5, 0.6) is 0 Å². The molecule has 194 valence electrons. The van der Waals surface area contributed by atoms with E-state index in [1.54, 1.807) is 47.5 Å². The Morgan fingerprint density at radius 3 is 2.49 bits per heavy atom. The summed E-state index contributed by atoms with van der Waals surface area (Å²) in [5.74, 6) is -2.41. The normalized spacial score (nSPS) is 13.4. The lowest BCUT2D eigenvalue weighted by Crippen LogP contribution is -2.36. The highest BCUT2D eigenvalue weighted by molar-refractivity contribution is 6.04. The fourth-order valence-corrected chi connectivity index (χ4v) is 4.19. The summed E-state index contributed by atoms with van der Waals surface area (Å²) >= 11 is 0. The molecule has 4 rings (SSSR count). The van der Waals surface area contributed by atoms with E-state index in [9.17, 15) is 18.4 Å². The number of rotatable bonds is 9. The molecule has 2 aromatic carbocycles. The molecular formula is C27H30F2N6O2. The van der Waals surface area contributed by atoms with E-state index in [0.29, 0.717) is 17.9 Å². The number of para-hydroxylation sites is 2. The van der Waals surface area contributed by atoms with Crippen molar-refractivity contribution in [1.29, 1.82) is 0 Å². The van der Waals surface area contributed by atoms with Crippen LogP contribution < -0.4 is 16.4 Å². The summed E-state index contributed by atoms with van der Waals surface area (Å²) in [6.07, 6.45) is 4.67. The van der Waals surface area contributed by atoms with Crippen LogP contribution in [0.2, 0.25) is 0 Å². The number of halogens is 2. The third kappa shape index (κ3) is 7.23. The molecule has 0 spiro atoms. The zero-order chi connectivity index (χ0) is 26.2. The van der Waals surface area contributed by atoms with Gasteiger partial charge in [0.2, 0.25) is 0 Å². The minimum Gasteiger partial charge on any atom is -0.397 e. The Kier molecular flexibility index (Phi) is 8.63. The maximum atomic E-state index is 13.6. The minimum absolute atomic E-state index is 0.166. The highest BCUT2D eigenvalue weighted by atomic mass is 19.2. The van der Waals surface area contributed by atoms with Crippen molar-refractivity contribution in [3.05, 3.63) is 83.7 Å². The van der Waals surface area contributed by atoms with Gasteiger partial charge in [-0.15, -0.1) is 0 Å². The zero-order valence-electron chi connectivity index (χ0n) is 20.4. The molecule has 1 saturated heterocycles. The molecule has 0 radical (unpaired) electrons. The largest absolute Gasteiger partial charge is 0.397 e. The van der Waals surface area contributed by atoms with Crippen molar-refractivity contribution in [1.82, 2.24) is 14.8 Å². The molecule has 37 heavy (non-hydrogen) atoms. The summed E-state index contributed by atoms with van der Waals surface area (Å²) in [4.78, 5) is 33.8. The quantitative estimate of drug-likeness (QED) is 0.363. The number of likely N-dealkylation sites (tertiary alicyclic amines) is 1. The SMILES string of the molecule is Nc1ccccc1NC(=O)c1ccc(CN(CCCN2CCCC2)C(=O)Nc2ccc(F)c(F)c2)cn1. The molecule has 1 aliphatic rings. The number of pyridine rings is 1. The van der Waals surface area contributed by atoms with Crippen LogP contribution in [0.25, 0.3) is 0 Å². The fraction of sp³-hybridized carbons (Fsp3) is 0.296. The number of nitrogens with one attached hydrogen (secondary N) is 2. The molecule has 1 fully saturated rings. The number of benzene rings is 2. The summed E-state index contributed by atoms with van der Waals surface area (Å²) in [6, 6.07) is 13.0. The lowest BCUT2D eigenvalue weighted by Gasteiger charge is -2.24. The van der Waals surface area contributed by atoms with E-state index in [-0.39, 0.29) is 17.9 Å². The van der Waals surface area contributed by atoms with Gasteiger partial charge in [0.25, 0.3) is 5.91 Å². The van der Waals surface area contributed by atoms with Crippen molar-refractivity contribution in [3.8, 4) is 0 Å². The predicted octanol–water partition coefficient (Wildman–Crippen LogP) is 4.71. The number of nitrogens with zero attached hydrogens (tertiary/aromatic N) is 3. The topological polar surface area (TPSA) is 104 Å². The molecule has 10 heteroatoms. The van der Waals surface area contributed by atoms with Crippen LogP contribution in [0, 0.1) is 11.6 Å². The van der Waals surface area contributed by atoms with Gasteiger partial charge in [-0.05, 0) is 74.8 Å². The maximum Gasteiger partial charge on any atom is 0.322 e. The number of amides is 3. The Balaban J connectivity index is 1.41. The number of carbonyl (C=O) groups is 2. The van der Waals surface area contributed by atoms with Gasteiger partial charge < -0.3 is 26.2 Å². The van der Waals surface area contributed by atoms with E-state index < -0.39 is 23.6 Å². The van der Waals surface area contributed by atoms with Gasteiger partial charge in [0, 0.05) is 31.0 Å². The Labute approximate surface area is 214 Å². The van der Waals surface area contributed by atoms with E-state index in [2.05, 4.69) is 20.5 Å². The third-order valence-corrected chi connectivity index (χ3v) is 6.20. The van der Waals surface area contributed by atoms with Crippen molar-refractivity contribution < 1.29 is 18.4 Å². The molecule has 2 heterocycles. The van der Waals surface area contributed by atoms with E-state index in [4.69, 9.17) is 5.73 Å². The Morgan fingerprint density at radius 1 is 1.00 bits per heavy atom.